The largest absolute Gasteiger partial charge is 0.481 e. The van der Waals surface area contributed by atoms with E-state index in [-0.39, 0.29) is 6.42 Å². The third kappa shape index (κ3) is 6.86. The molecule has 0 unspecified atom stereocenters. The molecule has 21 heavy (non-hydrogen) atoms. The maximum Gasteiger partial charge on any atom is 0.317 e. The number of rotatable bonds is 4. The molecule has 0 spiro atoms. The lowest BCUT2D eigenvalue weighted by Crippen LogP contribution is -2.65. The summed E-state index contributed by atoms with van der Waals surface area (Å²) in [6.07, 6.45) is 0.703. The molecule has 1 heterocycles. The molecule has 0 aliphatic carbocycles. The van der Waals surface area contributed by atoms with Crippen molar-refractivity contribution in [1.82, 2.24) is 0 Å². The first-order chi connectivity index (χ1) is 9.24. The number of carboxylic acids is 1. The van der Waals surface area contributed by atoms with Crippen LogP contribution in [0.5, 0.6) is 0 Å². The van der Waals surface area contributed by atoms with Gasteiger partial charge in [-0.05, 0) is 58.3 Å². The fourth-order valence-electron chi connectivity index (χ4n) is 2.97. The van der Waals surface area contributed by atoms with Gasteiger partial charge in [0, 0.05) is 6.42 Å². The molecule has 1 aliphatic rings. The maximum absolute atomic E-state index is 10.7. The molecule has 6 nitrogen and oxygen atoms in total. The molecular formula is C11H28O6Si4. The number of hydrogen-bond acceptors (Lipinski definition) is 5. The van der Waals surface area contributed by atoms with E-state index >= 15 is 0 Å². The molecule has 0 aromatic rings. The van der Waals surface area contributed by atoms with Crippen LogP contribution in [-0.4, -0.2) is 45.3 Å². The molecule has 10 heteroatoms. The second-order valence-corrected chi connectivity index (χ2v) is 21.4. The highest BCUT2D eigenvalue weighted by atomic mass is 28.5. The molecule has 0 aromatic heterocycles. The molecule has 0 aromatic carbocycles. The smallest absolute Gasteiger partial charge is 0.317 e. The molecule has 1 aliphatic heterocycles. The van der Waals surface area contributed by atoms with Crippen LogP contribution in [0.4, 0.5) is 0 Å². The molecule has 0 atom stereocenters. The van der Waals surface area contributed by atoms with Gasteiger partial charge in [-0.15, -0.1) is 0 Å². The van der Waals surface area contributed by atoms with Gasteiger partial charge in [0.25, 0.3) is 0 Å². The van der Waals surface area contributed by atoms with Crippen LogP contribution < -0.4 is 0 Å². The van der Waals surface area contributed by atoms with Crippen molar-refractivity contribution in [2.45, 2.75) is 64.7 Å². The monoisotopic (exact) mass is 368 g/mol. The van der Waals surface area contributed by atoms with Gasteiger partial charge >= 0.3 is 40.2 Å². The van der Waals surface area contributed by atoms with E-state index in [0.29, 0.717) is 12.5 Å². The Morgan fingerprint density at radius 2 is 1.19 bits per heavy atom. The van der Waals surface area contributed by atoms with Gasteiger partial charge in [0.15, 0.2) is 0 Å². The number of carbonyl (C=O) groups is 1. The molecule has 1 fully saturated rings. The second kappa shape index (κ2) is 6.35. The van der Waals surface area contributed by atoms with Crippen LogP contribution >= 0.6 is 0 Å². The zero-order chi connectivity index (χ0) is 16.5. The quantitative estimate of drug-likeness (QED) is 0.769. The summed E-state index contributed by atoms with van der Waals surface area (Å²) in [6, 6.07) is 0.654. The minimum absolute atomic E-state index is 0.140. The van der Waals surface area contributed by atoms with E-state index in [0.717, 1.165) is 0 Å². The van der Waals surface area contributed by atoms with Crippen molar-refractivity contribution < 1.29 is 26.4 Å². The summed E-state index contributed by atoms with van der Waals surface area (Å²) in [7, 11) is -9.41. The predicted octanol–water partition coefficient (Wildman–Crippen LogP) is 3.11. The normalized spacial score (nSPS) is 26.6. The maximum atomic E-state index is 10.7. The molecule has 0 amide bonds. The zero-order valence-corrected chi connectivity index (χ0v) is 18.1. The lowest BCUT2D eigenvalue weighted by atomic mass is 10.3. The van der Waals surface area contributed by atoms with E-state index in [1.165, 1.54) is 0 Å². The van der Waals surface area contributed by atoms with Gasteiger partial charge in [0.2, 0.25) is 0 Å². The standard InChI is InChI=1S/C11H28O6Si4/c1-18(2)14-19(3,4)16-21(7,10-8-9-11(12)13)17-20(5,6)15-18/h8-10H2,1-7H3,(H,12,13). The fraction of sp³-hybridized carbons (Fsp3) is 0.909. The van der Waals surface area contributed by atoms with Crippen molar-refractivity contribution in [1.29, 1.82) is 0 Å². The van der Waals surface area contributed by atoms with E-state index in [1.54, 1.807) is 0 Å². The van der Waals surface area contributed by atoms with Crippen LogP contribution in [0.2, 0.25) is 51.9 Å². The molecule has 0 bridgehead atoms. The topological polar surface area (TPSA) is 74.2 Å². The number of carboxylic acid groups (broad SMARTS) is 1. The SMILES string of the molecule is C[Si]1(C)O[Si](C)(C)O[Si](C)(CCCC(=O)O)O[Si](C)(C)O1. The molecule has 1 N–H and O–H groups in total. The Morgan fingerprint density at radius 1 is 0.810 bits per heavy atom. The Morgan fingerprint density at radius 3 is 1.57 bits per heavy atom. The van der Waals surface area contributed by atoms with E-state index in [9.17, 15) is 4.79 Å². The summed E-state index contributed by atoms with van der Waals surface area (Å²) in [6.45, 7) is 14.1. The van der Waals surface area contributed by atoms with Gasteiger partial charge in [-0.1, -0.05) is 0 Å². The van der Waals surface area contributed by atoms with Crippen molar-refractivity contribution in [2.24, 2.45) is 0 Å². The molecule has 124 valence electrons. The number of hydrogen-bond donors (Lipinski definition) is 1. The third-order valence-electron chi connectivity index (χ3n) is 2.93. The minimum atomic E-state index is -2.49. The van der Waals surface area contributed by atoms with Crippen LogP contribution in [0.15, 0.2) is 0 Å². The Labute approximate surface area is 131 Å². The van der Waals surface area contributed by atoms with Gasteiger partial charge in [0.1, 0.15) is 0 Å². The van der Waals surface area contributed by atoms with Gasteiger partial charge in [-0.25, -0.2) is 0 Å². The highest BCUT2D eigenvalue weighted by molar-refractivity contribution is 6.93. The second-order valence-electron chi connectivity index (χ2n) is 6.99. The number of aliphatic carboxylic acids is 1. The van der Waals surface area contributed by atoms with E-state index < -0.39 is 40.2 Å². The highest BCUT2D eigenvalue weighted by Gasteiger charge is 2.52. The van der Waals surface area contributed by atoms with Crippen molar-refractivity contribution in [3.8, 4) is 0 Å². The first-order valence-electron chi connectivity index (χ1n) is 7.27. The highest BCUT2D eigenvalue weighted by Crippen LogP contribution is 2.33. The summed E-state index contributed by atoms with van der Waals surface area (Å²) in [5.74, 6) is -0.785. The summed E-state index contributed by atoms with van der Waals surface area (Å²) in [5, 5.41) is 8.81. The third-order valence-corrected chi connectivity index (χ3v) is 19.4. The first kappa shape index (κ1) is 19.2. The zero-order valence-electron chi connectivity index (χ0n) is 14.1. The average molecular weight is 369 g/mol. The average Bonchev–Trinajstić information content (AvgIpc) is 2.06. The lowest BCUT2D eigenvalue weighted by molar-refractivity contribution is -0.137. The van der Waals surface area contributed by atoms with Crippen molar-refractivity contribution in [3.05, 3.63) is 0 Å². The van der Waals surface area contributed by atoms with Crippen LogP contribution in [0.25, 0.3) is 0 Å². The Balaban J connectivity index is 2.90. The van der Waals surface area contributed by atoms with E-state index in [1.807, 2.05) is 45.8 Å². The summed E-state index contributed by atoms with van der Waals surface area (Å²) >= 11 is 0. The van der Waals surface area contributed by atoms with Gasteiger partial charge in [-0.2, -0.15) is 0 Å². The molecule has 0 radical (unpaired) electrons. The molecule has 1 saturated heterocycles. The van der Waals surface area contributed by atoms with Crippen LogP contribution in [0, 0.1) is 0 Å². The van der Waals surface area contributed by atoms with Crippen LogP contribution in [0.3, 0.4) is 0 Å². The van der Waals surface area contributed by atoms with Crippen LogP contribution in [0.1, 0.15) is 12.8 Å². The Bertz CT molecular complexity index is 376. The van der Waals surface area contributed by atoms with Crippen molar-refractivity contribution in [2.75, 3.05) is 0 Å². The molecular weight excluding hydrogens is 340 g/mol. The van der Waals surface area contributed by atoms with Gasteiger partial charge in [-0.3, -0.25) is 4.79 Å². The van der Waals surface area contributed by atoms with Crippen LogP contribution in [-0.2, 0) is 21.3 Å². The van der Waals surface area contributed by atoms with Gasteiger partial charge in [0.05, 0.1) is 0 Å². The molecule has 1 rings (SSSR count). The van der Waals surface area contributed by atoms with Crippen molar-refractivity contribution >= 4 is 40.2 Å². The Hall–Kier alpha value is 0.178. The molecule has 0 saturated carbocycles. The van der Waals surface area contributed by atoms with Gasteiger partial charge < -0.3 is 21.6 Å². The Kier molecular flexibility index (Phi) is 5.82. The predicted molar refractivity (Wildman–Crippen MR) is 90.1 cm³/mol. The summed E-state index contributed by atoms with van der Waals surface area (Å²) in [5.41, 5.74) is 0. The van der Waals surface area contributed by atoms with Crippen molar-refractivity contribution in [3.63, 3.8) is 0 Å². The minimum Gasteiger partial charge on any atom is -0.481 e. The summed E-state index contributed by atoms with van der Waals surface area (Å²) in [4.78, 5) is 10.7. The van der Waals surface area contributed by atoms with E-state index in [4.69, 9.17) is 21.6 Å². The van der Waals surface area contributed by atoms with E-state index in [2.05, 4.69) is 0 Å². The first-order valence-corrected chi connectivity index (χ1v) is 18.2. The fourth-order valence-corrected chi connectivity index (χ4v) is 24.6. The summed E-state index contributed by atoms with van der Waals surface area (Å²) < 4.78 is 25.2. The lowest BCUT2D eigenvalue weighted by Gasteiger charge is -2.47.